The number of thioether (sulfide) groups is 1. The molecule has 1 aliphatic rings. The minimum absolute atomic E-state index is 0.00688. The van der Waals surface area contributed by atoms with Crippen LogP contribution in [0.3, 0.4) is 0 Å². The molecule has 8 heteroatoms. The molecule has 104 valence electrons. The maximum absolute atomic E-state index is 11.6. The average molecular weight is 284 g/mol. The number of rotatable bonds is 5. The van der Waals surface area contributed by atoms with Gasteiger partial charge in [-0.1, -0.05) is 0 Å². The lowest BCUT2D eigenvalue weighted by Crippen LogP contribution is -2.43. The van der Waals surface area contributed by atoms with Gasteiger partial charge in [0.05, 0.1) is 6.33 Å². The first-order valence-electron chi connectivity index (χ1n) is 6.02. The summed E-state index contributed by atoms with van der Waals surface area (Å²) in [6, 6.07) is 0.0860. The standard InChI is InChI=1S/C11H16N4O3S/c16-10(17)9-5-15(7-13-9)3-2-12-11(18)14-8-1-4-19-6-8/h5,7-8H,1-4,6H2,(H,16,17)(H2,12,14,18). The van der Waals surface area contributed by atoms with Gasteiger partial charge in [0.2, 0.25) is 0 Å². The molecule has 1 aromatic heterocycles. The van der Waals surface area contributed by atoms with Crippen molar-refractivity contribution in [1.29, 1.82) is 0 Å². The number of carboxylic acid groups (broad SMARTS) is 1. The average Bonchev–Trinajstić information content (AvgIpc) is 3.00. The number of amides is 2. The van der Waals surface area contributed by atoms with E-state index in [1.165, 1.54) is 12.5 Å². The third kappa shape index (κ3) is 4.16. The van der Waals surface area contributed by atoms with Gasteiger partial charge in [0, 0.05) is 31.1 Å². The monoisotopic (exact) mass is 284 g/mol. The van der Waals surface area contributed by atoms with Gasteiger partial charge in [-0.25, -0.2) is 14.6 Å². The van der Waals surface area contributed by atoms with Crippen molar-refractivity contribution in [2.75, 3.05) is 18.1 Å². The summed E-state index contributed by atoms with van der Waals surface area (Å²) in [7, 11) is 0. The highest BCUT2D eigenvalue weighted by Gasteiger charge is 2.17. The Labute approximate surface area is 114 Å². The van der Waals surface area contributed by atoms with E-state index in [1.54, 1.807) is 4.57 Å². The quantitative estimate of drug-likeness (QED) is 0.726. The summed E-state index contributed by atoms with van der Waals surface area (Å²) >= 11 is 1.84. The summed E-state index contributed by atoms with van der Waals surface area (Å²) < 4.78 is 1.63. The molecule has 1 fully saturated rings. The number of aromatic nitrogens is 2. The molecular formula is C11H16N4O3S. The Morgan fingerprint density at radius 2 is 2.42 bits per heavy atom. The molecule has 0 bridgehead atoms. The summed E-state index contributed by atoms with van der Waals surface area (Å²) in [5.41, 5.74) is 0.00688. The van der Waals surface area contributed by atoms with Crippen LogP contribution in [0.1, 0.15) is 16.9 Å². The highest BCUT2D eigenvalue weighted by molar-refractivity contribution is 7.99. The van der Waals surface area contributed by atoms with Gasteiger partial charge in [0.1, 0.15) is 0 Å². The highest BCUT2D eigenvalue weighted by atomic mass is 32.2. The van der Waals surface area contributed by atoms with Crippen LogP contribution in [0, 0.1) is 0 Å². The third-order valence-corrected chi connectivity index (χ3v) is 3.94. The van der Waals surface area contributed by atoms with E-state index < -0.39 is 5.97 Å². The van der Waals surface area contributed by atoms with Crippen LogP contribution >= 0.6 is 11.8 Å². The maximum atomic E-state index is 11.6. The van der Waals surface area contributed by atoms with Gasteiger partial charge in [-0.05, 0) is 12.2 Å². The van der Waals surface area contributed by atoms with Crippen molar-refractivity contribution in [3.8, 4) is 0 Å². The summed E-state index contributed by atoms with van der Waals surface area (Å²) in [6.45, 7) is 0.925. The number of carbonyl (C=O) groups excluding carboxylic acids is 1. The Morgan fingerprint density at radius 1 is 1.58 bits per heavy atom. The molecule has 2 rings (SSSR count). The number of nitrogens with one attached hydrogen (secondary N) is 2. The van der Waals surface area contributed by atoms with Gasteiger partial charge in [0.15, 0.2) is 5.69 Å². The number of hydrogen-bond acceptors (Lipinski definition) is 4. The van der Waals surface area contributed by atoms with Crippen LogP contribution in [0.4, 0.5) is 4.79 Å². The fourth-order valence-corrected chi connectivity index (χ4v) is 2.93. The lowest BCUT2D eigenvalue weighted by molar-refractivity contribution is 0.0691. The zero-order valence-electron chi connectivity index (χ0n) is 10.3. The first-order chi connectivity index (χ1) is 9.15. The first kappa shape index (κ1) is 13.7. The van der Waals surface area contributed by atoms with E-state index in [1.807, 2.05) is 11.8 Å². The molecule has 1 unspecified atom stereocenters. The molecule has 1 aliphatic heterocycles. The Bertz CT molecular complexity index is 457. The van der Waals surface area contributed by atoms with Crippen LogP contribution in [0.2, 0.25) is 0 Å². The Kier molecular flexibility index (Phi) is 4.67. The molecule has 0 aliphatic carbocycles. The van der Waals surface area contributed by atoms with E-state index in [9.17, 15) is 9.59 Å². The fourth-order valence-electron chi connectivity index (χ4n) is 1.78. The van der Waals surface area contributed by atoms with E-state index >= 15 is 0 Å². The van der Waals surface area contributed by atoms with Crippen LogP contribution in [-0.2, 0) is 6.54 Å². The second kappa shape index (κ2) is 6.46. The van der Waals surface area contributed by atoms with Crippen molar-refractivity contribution in [3.63, 3.8) is 0 Å². The van der Waals surface area contributed by atoms with Crippen LogP contribution in [0.15, 0.2) is 12.5 Å². The number of hydrogen-bond donors (Lipinski definition) is 3. The van der Waals surface area contributed by atoms with Crippen LogP contribution in [0.5, 0.6) is 0 Å². The molecule has 2 amide bonds. The van der Waals surface area contributed by atoms with Crippen LogP contribution < -0.4 is 10.6 Å². The van der Waals surface area contributed by atoms with E-state index in [0.717, 1.165) is 17.9 Å². The van der Waals surface area contributed by atoms with Crippen molar-refractivity contribution in [2.24, 2.45) is 0 Å². The predicted molar refractivity (Wildman–Crippen MR) is 71.5 cm³/mol. The number of carbonyl (C=O) groups is 2. The van der Waals surface area contributed by atoms with E-state index in [2.05, 4.69) is 15.6 Å². The molecule has 1 atom stereocenters. The molecule has 1 aromatic rings. The maximum Gasteiger partial charge on any atom is 0.356 e. The van der Waals surface area contributed by atoms with Crippen molar-refractivity contribution in [1.82, 2.24) is 20.2 Å². The Hall–Kier alpha value is -1.70. The van der Waals surface area contributed by atoms with E-state index in [0.29, 0.717) is 13.1 Å². The zero-order valence-corrected chi connectivity index (χ0v) is 11.2. The molecule has 1 saturated heterocycles. The molecular weight excluding hydrogens is 268 g/mol. The van der Waals surface area contributed by atoms with Gasteiger partial charge in [0.25, 0.3) is 0 Å². The topological polar surface area (TPSA) is 96.2 Å². The first-order valence-corrected chi connectivity index (χ1v) is 7.18. The second-order valence-corrected chi connectivity index (χ2v) is 5.41. The Morgan fingerprint density at radius 3 is 3.05 bits per heavy atom. The van der Waals surface area contributed by atoms with Crippen molar-refractivity contribution in [2.45, 2.75) is 19.0 Å². The third-order valence-electron chi connectivity index (χ3n) is 2.77. The van der Waals surface area contributed by atoms with E-state index in [-0.39, 0.29) is 17.8 Å². The van der Waals surface area contributed by atoms with Crippen molar-refractivity contribution < 1.29 is 14.7 Å². The second-order valence-electron chi connectivity index (χ2n) is 4.26. The number of urea groups is 1. The molecule has 2 heterocycles. The number of imidazole rings is 1. The summed E-state index contributed by atoms with van der Waals surface area (Å²) in [5, 5.41) is 14.4. The minimum atomic E-state index is -1.05. The predicted octanol–water partition coefficient (Wildman–Crippen LogP) is 0.386. The minimum Gasteiger partial charge on any atom is -0.476 e. The van der Waals surface area contributed by atoms with Crippen LogP contribution in [0.25, 0.3) is 0 Å². The zero-order chi connectivity index (χ0) is 13.7. The number of aromatic carboxylic acids is 1. The van der Waals surface area contributed by atoms with E-state index in [4.69, 9.17) is 5.11 Å². The van der Waals surface area contributed by atoms with Gasteiger partial charge >= 0.3 is 12.0 Å². The summed E-state index contributed by atoms with van der Waals surface area (Å²) in [6.07, 6.45) is 3.90. The van der Waals surface area contributed by atoms with Crippen molar-refractivity contribution in [3.05, 3.63) is 18.2 Å². The van der Waals surface area contributed by atoms with Gasteiger partial charge in [-0.2, -0.15) is 11.8 Å². The largest absolute Gasteiger partial charge is 0.476 e. The molecule has 0 aromatic carbocycles. The Balaban J connectivity index is 1.67. The van der Waals surface area contributed by atoms with Gasteiger partial charge in [-0.3, -0.25) is 0 Å². The molecule has 19 heavy (non-hydrogen) atoms. The summed E-state index contributed by atoms with van der Waals surface area (Å²) in [4.78, 5) is 25.9. The molecule has 3 N–H and O–H groups in total. The molecule has 0 radical (unpaired) electrons. The van der Waals surface area contributed by atoms with Gasteiger partial charge < -0.3 is 20.3 Å². The highest BCUT2D eigenvalue weighted by Crippen LogP contribution is 2.16. The molecule has 0 spiro atoms. The van der Waals surface area contributed by atoms with Crippen molar-refractivity contribution >= 4 is 23.8 Å². The number of nitrogens with zero attached hydrogens (tertiary/aromatic N) is 2. The SMILES string of the molecule is O=C(NCCn1cnc(C(=O)O)c1)NC1CCSC1. The number of carboxylic acids is 1. The molecule has 0 saturated carbocycles. The normalized spacial score (nSPS) is 18.2. The lowest BCUT2D eigenvalue weighted by Gasteiger charge is -2.12. The smallest absolute Gasteiger partial charge is 0.356 e. The van der Waals surface area contributed by atoms with Crippen LogP contribution in [-0.4, -0.2) is 50.8 Å². The fraction of sp³-hybridized carbons (Fsp3) is 0.545. The lowest BCUT2D eigenvalue weighted by atomic mass is 10.3. The molecule has 7 nitrogen and oxygen atoms in total. The van der Waals surface area contributed by atoms with Gasteiger partial charge in [-0.15, -0.1) is 0 Å². The summed E-state index contributed by atoms with van der Waals surface area (Å²) in [5.74, 6) is 1.01.